The van der Waals surface area contributed by atoms with Crippen LogP contribution >= 0.6 is 34.8 Å². The standard InChI is InChI=1S/C24H20Cl3NO3/c1-30-21-11-14-7-8-28(24(29)15-9-16(25)12-17(26)10-15)23(19(14)13-22(21)31-2)18-5-3-4-6-20(18)27/h3-6,9-13,23H,7-8H2,1-2H3/t23-/m0/s1. The summed E-state index contributed by atoms with van der Waals surface area (Å²) < 4.78 is 11.0. The first-order valence-corrected chi connectivity index (χ1v) is 10.8. The molecule has 0 bridgehead atoms. The maximum Gasteiger partial charge on any atom is 0.254 e. The molecule has 0 aliphatic carbocycles. The highest BCUT2D eigenvalue weighted by Gasteiger charge is 2.35. The lowest BCUT2D eigenvalue weighted by Gasteiger charge is -2.38. The molecule has 1 aliphatic rings. The predicted octanol–water partition coefficient (Wildman–Crippen LogP) is 6.45. The first kappa shape index (κ1) is 21.8. The molecule has 0 unspecified atom stereocenters. The molecule has 0 saturated heterocycles. The highest BCUT2D eigenvalue weighted by molar-refractivity contribution is 6.35. The molecule has 0 radical (unpaired) electrons. The van der Waals surface area contributed by atoms with E-state index in [1.807, 2.05) is 36.4 Å². The van der Waals surface area contributed by atoms with Gasteiger partial charge in [0, 0.05) is 27.2 Å². The minimum absolute atomic E-state index is 0.172. The van der Waals surface area contributed by atoms with Gasteiger partial charge in [0.25, 0.3) is 5.91 Å². The normalized spacial score (nSPS) is 15.4. The summed E-state index contributed by atoms with van der Waals surface area (Å²) in [7, 11) is 3.20. The third kappa shape index (κ3) is 4.20. The molecule has 1 amide bonds. The lowest BCUT2D eigenvalue weighted by Crippen LogP contribution is -2.40. The van der Waals surface area contributed by atoms with Gasteiger partial charge in [-0.25, -0.2) is 0 Å². The highest BCUT2D eigenvalue weighted by atomic mass is 35.5. The van der Waals surface area contributed by atoms with Crippen LogP contribution in [0.3, 0.4) is 0 Å². The summed E-state index contributed by atoms with van der Waals surface area (Å²) in [4.78, 5) is 15.4. The molecule has 3 aromatic carbocycles. The number of fused-ring (bicyclic) bond motifs is 1. The minimum atomic E-state index is -0.400. The number of halogens is 3. The molecule has 0 N–H and O–H groups in total. The summed E-state index contributed by atoms with van der Waals surface area (Å²) in [5.41, 5.74) is 3.28. The lowest BCUT2D eigenvalue weighted by atomic mass is 9.87. The molecule has 31 heavy (non-hydrogen) atoms. The molecule has 1 aliphatic heterocycles. The van der Waals surface area contributed by atoms with Gasteiger partial charge in [0.05, 0.1) is 20.3 Å². The van der Waals surface area contributed by atoms with Gasteiger partial charge in [-0.3, -0.25) is 4.79 Å². The van der Waals surface area contributed by atoms with E-state index < -0.39 is 6.04 Å². The van der Waals surface area contributed by atoms with E-state index in [2.05, 4.69) is 0 Å². The molecule has 160 valence electrons. The fourth-order valence-corrected chi connectivity index (χ4v) is 4.81. The molecule has 4 nitrogen and oxygen atoms in total. The highest BCUT2D eigenvalue weighted by Crippen LogP contribution is 2.43. The van der Waals surface area contributed by atoms with Crippen LogP contribution in [0.25, 0.3) is 0 Å². The van der Waals surface area contributed by atoms with Crippen molar-refractivity contribution >= 4 is 40.7 Å². The molecule has 4 rings (SSSR count). The van der Waals surface area contributed by atoms with Crippen LogP contribution in [-0.2, 0) is 6.42 Å². The molecule has 3 aromatic rings. The average Bonchev–Trinajstić information content (AvgIpc) is 2.76. The summed E-state index contributed by atoms with van der Waals surface area (Å²) in [6.45, 7) is 0.501. The van der Waals surface area contributed by atoms with Crippen molar-refractivity contribution in [2.75, 3.05) is 20.8 Å². The maximum atomic E-state index is 13.6. The summed E-state index contributed by atoms with van der Waals surface area (Å²) in [6.07, 6.45) is 0.663. The third-order valence-corrected chi connectivity index (χ3v) is 6.22. The zero-order chi connectivity index (χ0) is 22.1. The number of benzene rings is 3. The number of carbonyl (C=O) groups is 1. The second kappa shape index (κ2) is 8.99. The zero-order valence-electron chi connectivity index (χ0n) is 17.0. The van der Waals surface area contributed by atoms with Gasteiger partial charge in [0.2, 0.25) is 0 Å². The van der Waals surface area contributed by atoms with Gasteiger partial charge in [0.15, 0.2) is 11.5 Å². The van der Waals surface area contributed by atoms with E-state index in [1.54, 1.807) is 37.3 Å². The van der Waals surface area contributed by atoms with Crippen molar-refractivity contribution < 1.29 is 14.3 Å². The van der Waals surface area contributed by atoms with Crippen molar-refractivity contribution in [3.8, 4) is 11.5 Å². The Hall–Kier alpha value is -2.40. The van der Waals surface area contributed by atoms with Crippen molar-refractivity contribution in [2.45, 2.75) is 12.5 Å². The Morgan fingerprint density at radius 2 is 1.55 bits per heavy atom. The van der Waals surface area contributed by atoms with Crippen molar-refractivity contribution in [1.29, 1.82) is 0 Å². The quantitative estimate of drug-likeness (QED) is 0.434. The smallest absolute Gasteiger partial charge is 0.254 e. The molecule has 7 heteroatoms. The van der Waals surface area contributed by atoms with E-state index in [0.29, 0.717) is 45.1 Å². The van der Waals surface area contributed by atoms with E-state index in [0.717, 1.165) is 16.7 Å². The number of ether oxygens (including phenoxy) is 2. The fraction of sp³-hybridized carbons (Fsp3) is 0.208. The van der Waals surface area contributed by atoms with Crippen LogP contribution in [-0.4, -0.2) is 31.6 Å². The van der Waals surface area contributed by atoms with Gasteiger partial charge in [-0.15, -0.1) is 0 Å². The van der Waals surface area contributed by atoms with Crippen molar-refractivity contribution in [1.82, 2.24) is 4.90 Å². The Kier molecular flexibility index (Phi) is 6.33. The Morgan fingerprint density at radius 1 is 0.903 bits per heavy atom. The van der Waals surface area contributed by atoms with Gasteiger partial charge in [-0.1, -0.05) is 53.0 Å². The van der Waals surface area contributed by atoms with Gasteiger partial charge < -0.3 is 14.4 Å². The predicted molar refractivity (Wildman–Crippen MR) is 124 cm³/mol. The molecule has 0 aromatic heterocycles. The summed E-state index contributed by atoms with van der Waals surface area (Å²) >= 11 is 18.9. The lowest BCUT2D eigenvalue weighted by molar-refractivity contribution is 0.0694. The van der Waals surface area contributed by atoms with Gasteiger partial charge in [0.1, 0.15) is 0 Å². The van der Waals surface area contributed by atoms with E-state index in [4.69, 9.17) is 44.3 Å². The number of carbonyl (C=O) groups excluding carboxylic acids is 1. The van der Waals surface area contributed by atoms with Crippen LogP contribution < -0.4 is 9.47 Å². The second-order valence-electron chi connectivity index (χ2n) is 7.24. The van der Waals surface area contributed by atoms with Crippen LogP contribution in [0.15, 0.2) is 54.6 Å². The fourth-order valence-electron chi connectivity index (χ4n) is 4.04. The number of amides is 1. The topological polar surface area (TPSA) is 38.8 Å². The van der Waals surface area contributed by atoms with Crippen molar-refractivity contribution in [2.24, 2.45) is 0 Å². The van der Waals surface area contributed by atoms with Crippen LogP contribution in [0, 0.1) is 0 Å². The largest absolute Gasteiger partial charge is 0.493 e. The number of nitrogens with zero attached hydrogens (tertiary/aromatic N) is 1. The number of hydrogen-bond donors (Lipinski definition) is 0. The molecule has 1 heterocycles. The second-order valence-corrected chi connectivity index (χ2v) is 8.52. The Labute approximate surface area is 196 Å². The summed E-state index contributed by atoms with van der Waals surface area (Å²) in [5.74, 6) is 1.08. The van der Waals surface area contributed by atoms with Gasteiger partial charge >= 0.3 is 0 Å². The number of rotatable bonds is 4. The zero-order valence-corrected chi connectivity index (χ0v) is 19.3. The van der Waals surface area contributed by atoms with E-state index >= 15 is 0 Å². The summed E-state index contributed by atoms with van der Waals surface area (Å²) in [5, 5.41) is 1.40. The van der Waals surface area contributed by atoms with Crippen LogP contribution in [0.5, 0.6) is 11.5 Å². The molecular weight excluding hydrogens is 457 g/mol. The van der Waals surface area contributed by atoms with Crippen molar-refractivity contribution in [3.63, 3.8) is 0 Å². The number of methoxy groups -OCH3 is 2. The van der Waals surface area contributed by atoms with Gasteiger partial charge in [-0.05, 0) is 59.5 Å². The van der Waals surface area contributed by atoms with E-state index in [1.165, 1.54) is 0 Å². The van der Waals surface area contributed by atoms with Gasteiger partial charge in [-0.2, -0.15) is 0 Å². The van der Waals surface area contributed by atoms with E-state index in [-0.39, 0.29) is 5.91 Å². The first-order chi connectivity index (χ1) is 14.9. The van der Waals surface area contributed by atoms with Crippen LogP contribution in [0.4, 0.5) is 0 Å². The van der Waals surface area contributed by atoms with Crippen LogP contribution in [0.2, 0.25) is 15.1 Å². The van der Waals surface area contributed by atoms with Crippen LogP contribution in [0.1, 0.15) is 33.1 Å². The van der Waals surface area contributed by atoms with E-state index in [9.17, 15) is 4.79 Å². The Morgan fingerprint density at radius 3 is 2.19 bits per heavy atom. The molecule has 0 saturated carbocycles. The average molecular weight is 477 g/mol. The Balaban J connectivity index is 1.88. The third-order valence-electron chi connectivity index (χ3n) is 5.44. The first-order valence-electron chi connectivity index (χ1n) is 9.69. The molecular formula is C24H20Cl3NO3. The minimum Gasteiger partial charge on any atom is -0.493 e. The monoisotopic (exact) mass is 475 g/mol. The molecule has 0 spiro atoms. The maximum absolute atomic E-state index is 13.6. The van der Waals surface area contributed by atoms with Crippen molar-refractivity contribution in [3.05, 3.63) is 91.9 Å². The SMILES string of the molecule is COc1cc2c(cc1OC)[C@H](c1ccccc1Cl)N(C(=O)c1cc(Cl)cc(Cl)c1)CC2. The summed E-state index contributed by atoms with van der Waals surface area (Å²) in [6, 6.07) is 15.9. The molecule has 0 fully saturated rings. The Bertz CT molecular complexity index is 1130. The molecule has 1 atom stereocenters. The number of hydrogen-bond acceptors (Lipinski definition) is 3.